The lowest BCUT2D eigenvalue weighted by Crippen LogP contribution is -2.16. The summed E-state index contributed by atoms with van der Waals surface area (Å²) in [6.07, 6.45) is 6.05. The quantitative estimate of drug-likeness (QED) is 0.545. The molecular weight excluding hydrogens is 112 g/mol. The van der Waals surface area contributed by atoms with Gasteiger partial charge in [-0.1, -0.05) is 25.5 Å². The second-order valence-electron chi connectivity index (χ2n) is 2.12. The summed E-state index contributed by atoms with van der Waals surface area (Å²) in [5, 5.41) is 0. The summed E-state index contributed by atoms with van der Waals surface area (Å²) in [6, 6.07) is 0.207. The van der Waals surface area contributed by atoms with Gasteiger partial charge in [0.25, 0.3) is 0 Å². The Kier molecular flexibility index (Phi) is 5.57. The standard InChI is InChI=1S/C7H16N2/c1-2-4-7(9)5-3-6-8/h3,5,7H,2,4,6,8-9H2,1H3/b5-3+. The highest BCUT2D eigenvalue weighted by atomic mass is 14.6. The fraction of sp³-hybridized carbons (Fsp3) is 0.714. The molecule has 9 heavy (non-hydrogen) atoms. The molecule has 0 spiro atoms. The zero-order chi connectivity index (χ0) is 7.11. The van der Waals surface area contributed by atoms with Crippen LogP contribution in [0.3, 0.4) is 0 Å². The second-order valence-corrected chi connectivity index (χ2v) is 2.12. The van der Waals surface area contributed by atoms with Crippen LogP contribution in [0, 0.1) is 0 Å². The Morgan fingerprint density at radius 1 is 1.56 bits per heavy atom. The minimum absolute atomic E-state index is 0.207. The highest BCUT2D eigenvalue weighted by Crippen LogP contribution is 1.93. The Morgan fingerprint density at radius 3 is 2.67 bits per heavy atom. The lowest BCUT2D eigenvalue weighted by molar-refractivity contribution is 0.702. The van der Waals surface area contributed by atoms with E-state index in [4.69, 9.17) is 11.5 Å². The van der Waals surface area contributed by atoms with Crippen LogP contribution in [0.4, 0.5) is 0 Å². The SMILES string of the molecule is CCCC(N)/C=C/CN. The molecule has 0 amide bonds. The normalized spacial score (nSPS) is 14.6. The summed E-state index contributed by atoms with van der Waals surface area (Å²) in [6.45, 7) is 2.72. The van der Waals surface area contributed by atoms with Gasteiger partial charge >= 0.3 is 0 Å². The van der Waals surface area contributed by atoms with Crippen molar-refractivity contribution in [1.29, 1.82) is 0 Å². The molecule has 0 fully saturated rings. The maximum absolute atomic E-state index is 5.63. The van der Waals surface area contributed by atoms with Crippen molar-refractivity contribution in [3.8, 4) is 0 Å². The third-order valence-corrected chi connectivity index (χ3v) is 1.14. The third-order valence-electron chi connectivity index (χ3n) is 1.14. The van der Waals surface area contributed by atoms with Gasteiger partial charge in [-0.15, -0.1) is 0 Å². The van der Waals surface area contributed by atoms with Gasteiger partial charge in [0, 0.05) is 12.6 Å². The van der Waals surface area contributed by atoms with Gasteiger partial charge in [0.1, 0.15) is 0 Å². The first-order valence-corrected chi connectivity index (χ1v) is 3.43. The monoisotopic (exact) mass is 128 g/mol. The molecule has 0 saturated heterocycles. The maximum atomic E-state index is 5.63. The summed E-state index contributed by atoms with van der Waals surface area (Å²) < 4.78 is 0. The molecule has 0 aromatic rings. The van der Waals surface area contributed by atoms with E-state index < -0.39 is 0 Å². The lowest BCUT2D eigenvalue weighted by atomic mass is 10.2. The van der Waals surface area contributed by atoms with Gasteiger partial charge in [-0.3, -0.25) is 0 Å². The van der Waals surface area contributed by atoms with Crippen molar-refractivity contribution in [2.45, 2.75) is 25.8 Å². The number of hydrogen-bond acceptors (Lipinski definition) is 2. The molecule has 0 saturated carbocycles. The van der Waals surface area contributed by atoms with Gasteiger partial charge in [0.2, 0.25) is 0 Å². The molecule has 1 unspecified atom stereocenters. The average Bonchev–Trinajstić information content (AvgIpc) is 1.85. The third kappa shape index (κ3) is 5.53. The van der Waals surface area contributed by atoms with Crippen LogP contribution in [0.5, 0.6) is 0 Å². The lowest BCUT2D eigenvalue weighted by Gasteiger charge is -2.01. The van der Waals surface area contributed by atoms with E-state index in [-0.39, 0.29) is 6.04 Å². The first-order chi connectivity index (χ1) is 4.31. The van der Waals surface area contributed by atoms with Gasteiger partial charge in [-0.2, -0.15) is 0 Å². The molecule has 2 nitrogen and oxygen atoms in total. The Balaban J connectivity index is 3.25. The fourth-order valence-electron chi connectivity index (χ4n) is 0.683. The van der Waals surface area contributed by atoms with Gasteiger partial charge in [0.15, 0.2) is 0 Å². The summed E-state index contributed by atoms with van der Waals surface area (Å²) in [7, 11) is 0. The molecule has 0 rings (SSSR count). The van der Waals surface area contributed by atoms with Gasteiger partial charge in [-0.25, -0.2) is 0 Å². The summed E-state index contributed by atoms with van der Waals surface area (Å²) in [5.41, 5.74) is 10.9. The first-order valence-electron chi connectivity index (χ1n) is 3.43. The van der Waals surface area contributed by atoms with Crippen molar-refractivity contribution in [1.82, 2.24) is 0 Å². The van der Waals surface area contributed by atoms with Gasteiger partial charge < -0.3 is 11.5 Å². The van der Waals surface area contributed by atoms with Crippen LogP contribution in [0.25, 0.3) is 0 Å². The Morgan fingerprint density at radius 2 is 2.22 bits per heavy atom. The van der Waals surface area contributed by atoms with E-state index in [0.29, 0.717) is 6.54 Å². The Labute approximate surface area is 56.9 Å². The Bertz CT molecular complexity index is 79.0. The second kappa shape index (κ2) is 5.79. The topological polar surface area (TPSA) is 52.0 Å². The van der Waals surface area contributed by atoms with Gasteiger partial charge in [0.05, 0.1) is 0 Å². The van der Waals surface area contributed by atoms with Crippen molar-refractivity contribution in [3.63, 3.8) is 0 Å². The molecule has 0 aliphatic rings. The number of nitrogens with two attached hydrogens (primary N) is 2. The maximum Gasteiger partial charge on any atom is 0.0224 e. The molecule has 0 aliphatic carbocycles. The van der Waals surface area contributed by atoms with E-state index in [9.17, 15) is 0 Å². The molecule has 0 aromatic heterocycles. The van der Waals surface area contributed by atoms with E-state index in [1.54, 1.807) is 0 Å². The van der Waals surface area contributed by atoms with Crippen LogP contribution in [-0.2, 0) is 0 Å². The molecule has 0 bridgehead atoms. The van der Waals surface area contributed by atoms with Crippen molar-refractivity contribution in [2.75, 3.05) is 6.54 Å². The largest absolute Gasteiger partial charge is 0.327 e. The van der Waals surface area contributed by atoms with Crippen molar-refractivity contribution in [3.05, 3.63) is 12.2 Å². The molecule has 0 aliphatic heterocycles. The molecule has 0 heterocycles. The van der Waals surface area contributed by atoms with E-state index in [1.807, 2.05) is 12.2 Å². The molecule has 4 N–H and O–H groups in total. The summed E-state index contributed by atoms with van der Waals surface area (Å²) in [4.78, 5) is 0. The minimum atomic E-state index is 0.207. The zero-order valence-electron chi connectivity index (χ0n) is 6.01. The molecule has 1 atom stereocenters. The fourth-order valence-corrected chi connectivity index (χ4v) is 0.683. The summed E-state index contributed by atoms with van der Waals surface area (Å²) >= 11 is 0. The molecular formula is C7H16N2. The minimum Gasteiger partial charge on any atom is -0.327 e. The van der Waals surface area contributed by atoms with Crippen molar-refractivity contribution < 1.29 is 0 Å². The van der Waals surface area contributed by atoms with Gasteiger partial charge in [-0.05, 0) is 6.42 Å². The van der Waals surface area contributed by atoms with Crippen molar-refractivity contribution in [2.24, 2.45) is 11.5 Å². The smallest absolute Gasteiger partial charge is 0.0224 e. The van der Waals surface area contributed by atoms with E-state index in [1.165, 1.54) is 0 Å². The predicted octanol–water partition coefficient (Wildman–Crippen LogP) is 0.629. The number of hydrogen-bond donors (Lipinski definition) is 2. The zero-order valence-corrected chi connectivity index (χ0v) is 6.01. The van der Waals surface area contributed by atoms with Crippen LogP contribution in [0.2, 0.25) is 0 Å². The van der Waals surface area contributed by atoms with Crippen LogP contribution < -0.4 is 11.5 Å². The highest BCUT2D eigenvalue weighted by molar-refractivity contribution is 4.91. The average molecular weight is 128 g/mol. The predicted molar refractivity (Wildman–Crippen MR) is 41.1 cm³/mol. The van der Waals surface area contributed by atoms with E-state index in [2.05, 4.69) is 6.92 Å². The van der Waals surface area contributed by atoms with Crippen LogP contribution >= 0.6 is 0 Å². The first kappa shape index (κ1) is 8.66. The molecule has 2 heteroatoms. The Hall–Kier alpha value is -0.340. The molecule has 54 valence electrons. The van der Waals surface area contributed by atoms with E-state index >= 15 is 0 Å². The number of rotatable bonds is 4. The van der Waals surface area contributed by atoms with Crippen LogP contribution in [0.1, 0.15) is 19.8 Å². The summed E-state index contributed by atoms with van der Waals surface area (Å²) in [5.74, 6) is 0. The van der Waals surface area contributed by atoms with Crippen LogP contribution in [0.15, 0.2) is 12.2 Å². The van der Waals surface area contributed by atoms with Crippen LogP contribution in [-0.4, -0.2) is 12.6 Å². The molecule has 0 aromatic carbocycles. The van der Waals surface area contributed by atoms with E-state index in [0.717, 1.165) is 12.8 Å². The highest BCUT2D eigenvalue weighted by Gasteiger charge is 1.91. The van der Waals surface area contributed by atoms with Crippen molar-refractivity contribution >= 4 is 0 Å². The molecule has 0 radical (unpaired) electrons.